The lowest BCUT2D eigenvalue weighted by atomic mass is 9.79. The number of nitrogens with zero attached hydrogens (tertiary/aromatic N) is 1. The lowest BCUT2D eigenvalue weighted by Crippen LogP contribution is -2.36. The monoisotopic (exact) mass is 351 g/mol. The Bertz CT molecular complexity index is 911. The number of rotatable bonds is 3. The Morgan fingerprint density at radius 1 is 1.23 bits per heavy atom. The van der Waals surface area contributed by atoms with E-state index in [0.29, 0.717) is 18.8 Å². The summed E-state index contributed by atoms with van der Waals surface area (Å²) in [5.74, 6) is -0.636. The zero-order valence-corrected chi connectivity index (χ0v) is 13.8. The number of hydrogen-bond acceptors (Lipinski definition) is 5. The fraction of sp³-hybridized carbons (Fsp3) is 0.222. The van der Waals surface area contributed by atoms with Gasteiger partial charge in [0.2, 0.25) is 17.7 Å². The van der Waals surface area contributed by atoms with Gasteiger partial charge < -0.3 is 21.7 Å². The van der Waals surface area contributed by atoms with Crippen molar-refractivity contribution in [1.82, 2.24) is 10.3 Å². The maximum atomic E-state index is 12.6. The zero-order valence-electron chi connectivity index (χ0n) is 13.8. The second-order valence-corrected chi connectivity index (χ2v) is 6.51. The molecule has 1 fully saturated rings. The van der Waals surface area contributed by atoms with E-state index in [0.717, 1.165) is 11.3 Å². The standard InChI is InChI=1S/C18H17N5O3/c19-15(24)10-5-6-14(20-8-10)23-16(25)13-7-18(9-21-13)11-3-1-2-4-12(11)22-17(18)26/h1-6,8,13,21H,7,9H2,(H2,19,24)(H,22,26)(H,20,23,25). The Hall–Kier alpha value is -3.26. The minimum Gasteiger partial charge on any atom is -0.366 e. The van der Waals surface area contributed by atoms with Gasteiger partial charge in [0.05, 0.1) is 17.0 Å². The quantitative estimate of drug-likeness (QED) is 0.636. The first-order chi connectivity index (χ1) is 12.5. The molecule has 2 aromatic rings. The highest BCUT2D eigenvalue weighted by Gasteiger charge is 2.52. The van der Waals surface area contributed by atoms with Gasteiger partial charge in [-0.3, -0.25) is 14.4 Å². The Balaban J connectivity index is 1.49. The number of anilines is 2. The number of benzene rings is 1. The number of aromatic nitrogens is 1. The molecule has 26 heavy (non-hydrogen) atoms. The van der Waals surface area contributed by atoms with Crippen LogP contribution in [0.4, 0.5) is 11.5 Å². The van der Waals surface area contributed by atoms with E-state index in [9.17, 15) is 14.4 Å². The van der Waals surface area contributed by atoms with Gasteiger partial charge in [-0.2, -0.15) is 0 Å². The third kappa shape index (κ3) is 2.51. The molecular weight excluding hydrogens is 334 g/mol. The summed E-state index contributed by atoms with van der Waals surface area (Å²) in [5, 5.41) is 8.72. The number of hydrogen-bond donors (Lipinski definition) is 4. The molecule has 0 radical (unpaired) electrons. The molecule has 1 aromatic carbocycles. The van der Waals surface area contributed by atoms with E-state index in [4.69, 9.17) is 5.73 Å². The average Bonchev–Trinajstić information content (AvgIpc) is 3.19. The third-order valence-corrected chi connectivity index (χ3v) is 4.94. The van der Waals surface area contributed by atoms with Gasteiger partial charge >= 0.3 is 0 Å². The molecule has 8 nitrogen and oxygen atoms in total. The first kappa shape index (κ1) is 16.2. The second-order valence-electron chi connectivity index (χ2n) is 6.51. The van der Waals surface area contributed by atoms with Crippen LogP contribution in [-0.2, 0) is 15.0 Å². The minimum absolute atomic E-state index is 0.0922. The first-order valence-corrected chi connectivity index (χ1v) is 8.21. The number of primary amides is 1. The van der Waals surface area contributed by atoms with Gasteiger partial charge in [-0.15, -0.1) is 0 Å². The molecular formula is C18H17N5O3. The number of nitrogens with one attached hydrogen (secondary N) is 3. The lowest BCUT2D eigenvalue weighted by molar-refractivity contribution is -0.120. The van der Waals surface area contributed by atoms with Crippen molar-refractivity contribution in [2.75, 3.05) is 17.2 Å². The number of para-hydroxylation sites is 1. The predicted octanol–water partition coefficient (Wildman–Crippen LogP) is 0.371. The first-order valence-electron chi connectivity index (χ1n) is 8.21. The van der Waals surface area contributed by atoms with E-state index in [1.54, 1.807) is 0 Å². The second kappa shape index (κ2) is 5.92. The van der Waals surface area contributed by atoms with Crippen LogP contribution in [0, 0.1) is 0 Å². The van der Waals surface area contributed by atoms with Gasteiger partial charge in [0.1, 0.15) is 5.82 Å². The van der Waals surface area contributed by atoms with Crippen molar-refractivity contribution in [3.8, 4) is 0 Å². The number of nitrogens with two attached hydrogens (primary N) is 1. The van der Waals surface area contributed by atoms with Crippen LogP contribution in [0.25, 0.3) is 0 Å². The summed E-state index contributed by atoms with van der Waals surface area (Å²) in [5.41, 5.74) is 6.41. The van der Waals surface area contributed by atoms with Crippen LogP contribution in [-0.4, -0.2) is 35.3 Å². The topological polar surface area (TPSA) is 126 Å². The number of carbonyl (C=O) groups excluding carboxylic acids is 3. The lowest BCUT2D eigenvalue weighted by Gasteiger charge is -2.20. The van der Waals surface area contributed by atoms with E-state index in [-0.39, 0.29) is 17.4 Å². The summed E-state index contributed by atoms with van der Waals surface area (Å²) in [4.78, 5) is 40.2. The molecule has 1 saturated heterocycles. The highest BCUT2D eigenvalue weighted by Crippen LogP contribution is 2.43. The van der Waals surface area contributed by atoms with E-state index in [1.807, 2.05) is 24.3 Å². The van der Waals surface area contributed by atoms with Crippen LogP contribution in [0.1, 0.15) is 22.3 Å². The zero-order chi connectivity index (χ0) is 18.3. The maximum absolute atomic E-state index is 12.6. The summed E-state index contributed by atoms with van der Waals surface area (Å²) in [6, 6.07) is 10.0. The number of pyridine rings is 1. The number of carbonyl (C=O) groups is 3. The molecule has 0 bridgehead atoms. The molecule has 1 aromatic heterocycles. The predicted molar refractivity (Wildman–Crippen MR) is 94.5 cm³/mol. The van der Waals surface area contributed by atoms with Crippen molar-refractivity contribution >= 4 is 29.2 Å². The Morgan fingerprint density at radius 3 is 2.77 bits per heavy atom. The van der Waals surface area contributed by atoms with Gasteiger partial charge in [0.15, 0.2) is 0 Å². The molecule has 1 spiro atoms. The van der Waals surface area contributed by atoms with Crippen molar-refractivity contribution in [2.45, 2.75) is 17.9 Å². The van der Waals surface area contributed by atoms with Crippen LogP contribution >= 0.6 is 0 Å². The maximum Gasteiger partial charge on any atom is 0.250 e. The summed E-state index contributed by atoms with van der Waals surface area (Å²) in [6.45, 7) is 0.391. The largest absolute Gasteiger partial charge is 0.366 e. The fourth-order valence-corrected chi connectivity index (χ4v) is 3.55. The Kier molecular flexibility index (Phi) is 3.69. The van der Waals surface area contributed by atoms with Crippen molar-refractivity contribution in [1.29, 1.82) is 0 Å². The van der Waals surface area contributed by atoms with Crippen LogP contribution in [0.3, 0.4) is 0 Å². The molecule has 5 N–H and O–H groups in total. The van der Waals surface area contributed by atoms with Crippen LogP contribution < -0.4 is 21.7 Å². The molecule has 2 atom stereocenters. The van der Waals surface area contributed by atoms with Gasteiger partial charge in [0, 0.05) is 18.4 Å². The van der Waals surface area contributed by atoms with Gasteiger partial charge in [-0.1, -0.05) is 18.2 Å². The van der Waals surface area contributed by atoms with Crippen LogP contribution in [0.15, 0.2) is 42.6 Å². The summed E-state index contributed by atoms with van der Waals surface area (Å²) in [7, 11) is 0. The number of fused-ring (bicyclic) bond motifs is 2. The summed E-state index contributed by atoms with van der Waals surface area (Å²) < 4.78 is 0. The van der Waals surface area contributed by atoms with Gasteiger partial charge in [-0.25, -0.2) is 4.98 Å². The van der Waals surface area contributed by atoms with E-state index in [1.165, 1.54) is 18.3 Å². The molecule has 132 valence electrons. The summed E-state index contributed by atoms with van der Waals surface area (Å²) >= 11 is 0. The fourth-order valence-electron chi connectivity index (χ4n) is 3.55. The van der Waals surface area contributed by atoms with E-state index in [2.05, 4.69) is 20.9 Å². The van der Waals surface area contributed by atoms with Crippen LogP contribution in [0.5, 0.6) is 0 Å². The van der Waals surface area contributed by atoms with Crippen molar-refractivity contribution < 1.29 is 14.4 Å². The molecule has 0 saturated carbocycles. The molecule has 4 rings (SSSR count). The third-order valence-electron chi connectivity index (χ3n) is 4.94. The average molecular weight is 351 g/mol. The Morgan fingerprint density at radius 2 is 2.04 bits per heavy atom. The summed E-state index contributed by atoms with van der Waals surface area (Å²) in [6.07, 6.45) is 1.67. The van der Waals surface area contributed by atoms with E-state index >= 15 is 0 Å². The molecule has 8 heteroatoms. The van der Waals surface area contributed by atoms with Crippen molar-refractivity contribution in [2.24, 2.45) is 5.73 Å². The van der Waals surface area contributed by atoms with Gasteiger partial charge in [0.25, 0.3) is 0 Å². The normalized spacial score (nSPS) is 23.5. The van der Waals surface area contributed by atoms with Crippen molar-refractivity contribution in [3.05, 3.63) is 53.7 Å². The molecule has 0 aliphatic carbocycles. The van der Waals surface area contributed by atoms with Crippen LogP contribution in [0.2, 0.25) is 0 Å². The molecule has 2 aliphatic rings. The molecule has 2 unspecified atom stereocenters. The van der Waals surface area contributed by atoms with Crippen molar-refractivity contribution in [3.63, 3.8) is 0 Å². The van der Waals surface area contributed by atoms with Gasteiger partial charge in [-0.05, 0) is 30.2 Å². The highest BCUT2D eigenvalue weighted by atomic mass is 16.2. The van der Waals surface area contributed by atoms with E-state index < -0.39 is 17.4 Å². The highest BCUT2D eigenvalue weighted by molar-refractivity contribution is 6.08. The SMILES string of the molecule is NC(=O)c1ccc(NC(=O)C2CC3(CN2)C(=O)Nc2ccccc23)nc1. The molecule has 3 amide bonds. The molecule has 2 aliphatic heterocycles. The smallest absolute Gasteiger partial charge is 0.250 e. The number of amides is 3. The molecule has 3 heterocycles. The minimum atomic E-state index is -0.734. The Labute approximate surface area is 149 Å².